The van der Waals surface area contributed by atoms with E-state index in [0.29, 0.717) is 17.2 Å². The number of hydrogen-bond donors (Lipinski definition) is 1. The van der Waals surface area contributed by atoms with Crippen LogP contribution < -0.4 is 10.1 Å². The van der Waals surface area contributed by atoms with Crippen molar-refractivity contribution < 1.29 is 14.3 Å². The van der Waals surface area contributed by atoms with Gasteiger partial charge in [0.2, 0.25) is 0 Å². The topological polar surface area (TPSA) is 58.6 Å². The van der Waals surface area contributed by atoms with Crippen LogP contribution in [0.1, 0.15) is 48.5 Å². The summed E-state index contributed by atoms with van der Waals surface area (Å²) >= 11 is 0. The summed E-state index contributed by atoms with van der Waals surface area (Å²) in [6.45, 7) is 8.24. The van der Waals surface area contributed by atoms with Gasteiger partial charge in [-0.25, -0.2) is 0 Å². The van der Waals surface area contributed by atoms with Gasteiger partial charge in [-0.2, -0.15) is 0 Å². The molecule has 0 bridgehead atoms. The molecule has 1 saturated heterocycles. The molecule has 2 aliphatic rings. The summed E-state index contributed by atoms with van der Waals surface area (Å²) in [5.74, 6) is 0.747. The highest BCUT2D eigenvalue weighted by Gasteiger charge is 2.48. The van der Waals surface area contributed by atoms with E-state index in [0.717, 1.165) is 45.3 Å². The molecule has 0 spiro atoms. The number of fused-ring (bicyclic) bond motifs is 1. The molecule has 2 aromatic rings. The molecular formula is C27H32N2O3. The maximum absolute atomic E-state index is 12.8. The SMILES string of the molecule is C=CCN1CCC2(c3cccc(OC(C)=O)c3)C[C@@H](NC(=O)c3ccccc3)CCC2C1. The van der Waals surface area contributed by atoms with Crippen LogP contribution in [0.4, 0.5) is 0 Å². The smallest absolute Gasteiger partial charge is 0.308 e. The highest BCUT2D eigenvalue weighted by molar-refractivity contribution is 5.94. The van der Waals surface area contributed by atoms with Crippen molar-refractivity contribution in [2.75, 3.05) is 19.6 Å². The van der Waals surface area contributed by atoms with E-state index in [-0.39, 0.29) is 23.3 Å². The number of hydrogen-bond acceptors (Lipinski definition) is 4. The zero-order chi connectivity index (χ0) is 22.6. The van der Waals surface area contributed by atoms with E-state index in [2.05, 4.69) is 22.9 Å². The highest BCUT2D eigenvalue weighted by atomic mass is 16.5. The van der Waals surface area contributed by atoms with E-state index >= 15 is 0 Å². The lowest BCUT2D eigenvalue weighted by Gasteiger charge is -2.53. The van der Waals surface area contributed by atoms with Gasteiger partial charge in [0, 0.05) is 37.0 Å². The minimum Gasteiger partial charge on any atom is -0.427 e. The van der Waals surface area contributed by atoms with Gasteiger partial charge in [0.25, 0.3) is 5.91 Å². The Morgan fingerprint density at radius 3 is 2.75 bits per heavy atom. The van der Waals surface area contributed by atoms with Gasteiger partial charge in [-0.3, -0.25) is 14.5 Å². The molecule has 2 fully saturated rings. The number of carbonyl (C=O) groups excluding carboxylic acids is 2. The fourth-order valence-corrected chi connectivity index (χ4v) is 5.58. The number of likely N-dealkylation sites (tertiary alicyclic amines) is 1. The first-order valence-corrected chi connectivity index (χ1v) is 11.5. The predicted molar refractivity (Wildman–Crippen MR) is 126 cm³/mol. The maximum Gasteiger partial charge on any atom is 0.308 e. The van der Waals surface area contributed by atoms with Crippen molar-refractivity contribution in [1.82, 2.24) is 10.2 Å². The van der Waals surface area contributed by atoms with E-state index in [9.17, 15) is 9.59 Å². The fraction of sp³-hybridized carbons (Fsp3) is 0.407. The van der Waals surface area contributed by atoms with E-state index in [1.807, 2.05) is 54.6 Å². The van der Waals surface area contributed by atoms with Crippen molar-refractivity contribution in [3.63, 3.8) is 0 Å². The van der Waals surface area contributed by atoms with Crippen LogP contribution in [0, 0.1) is 5.92 Å². The molecule has 32 heavy (non-hydrogen) atoms. The van der Waals surface area contributed by atoms with Crippen molar-refractivity contribution in [3.8, 4) is 5.75 Å². The van der Waals surface area contributed by atoms with Gasteiger partial charge in [0.05, 0.1) is 0 Å². The molecule has 1 N–H and O–H groups in total. The minimum atomic E-state index is -0.311. The molecule has 2 unspecified atom stereocenters. The first kappa shape index (κ1) is 22.3. The number of benzene rings is 2. The zero-order valence-electron chi connectivity index (χ0n) is 18.8. The summed E-state index contributed by atoms with van der Waals surface area (Å²) in [5.41, 5.74) is 1.85. The number of carbonyl (C=O) groups is 2. The first-order valence-electron chi connectivity index (χ1n) is 11.5. The van der Waals surface area contributed by atoms with E-state index < -0.39 is 0 Å². The molecular weight excluding hydrogens is 400 g/mol. The number of amides is 1. The molecule has 168 valence electrons. The molecule has 2 aromatic carbocycles. The quantitative estimate of drug-likeness (QED) is 0.419. The van der Waals surface area contributed by atoms with Crippen molar-refractivity contribution in [2.24, 2.45) is 5.92 Å². The lowest BCUT2D eigenvalue weighted by atomic mass is 9.58. The molecule has 4 rings (SSSR count). The van der Waals surface area contributed by atoms with Crippen molar-refractivity contribution in [3.05, 3.63) is 78.4 Å². The Kier molecular flexibility index (Phi) is 6.75. The van der Waals surface area contributed by atoms with E-state index in [4.69, 9.17) is 4.74 Å². The largest absolute Gasteiger partial charge is 0.427 e. The molecule has 0 aromatic heterocycles. The van der Waals surface area contributed by atoms with Crippen LogP contribution in [0.3, 0.4) is 0 Å². The van der Waals surface area contributed by atoms with Crippen molar-refractivity contribution in [1.29, 1.82) is 0 Å². The average molecular weight is 433 g/mol. The second-order valence-electron chi connectivity index (χ2n) is 9.09. The van der Waals surface area contributed by atoms with Gasteiger partial charge in [0.1, 0.15) is 5.75 Å². The average Bonchev–Trinajstić information content (AvgIpc) is 2.79. The second kappa shape index (κ2) is 9.70. The molecule has 1 amide bonds. The normalized spacial score (nSPS) is 25.4. The minimum absolute atomic E-state index is 0.0121. The summed E-state index contributed by atoms with van der Waals surface area (Å²) in [5, 5.41) is 3.29. The Morgan fingerprint density at radius 2 is 2.00 bits per heavy atom. The summed E-state index contributed by atoms with van der Waals surface area (Å²) in [6.07, 6.45) is 5.89. The summed E-state index contributed by atoms with van der Waals surface area (Å²) < 4.78 is 5.40. The monoisotopic (exact) mass is 432 g/mol. The predicted octanol–water partition coefficient (Wildman–Crippen LogP) is 4.34. The van der Waals surface area contributed by atoms with Gasteiger partial charge >= 0.3 is 5.97 Å². The molecule has 3 atom stereocenters. The molecule has 0 radical (unpaired) electrons. The maximum atomic E-state index is 12.8. The fourth-order valence-electron chi connectivity index (χ4n) is 5.58. The number of nitrogens with one attached hydrogen (secondary N) is 1. The number of rotatable bonds is 6. The van der Waals surface area contributed by atoms with Gasteiger partial charge < -0.3 is 10.1 Å². The van der Waals surface area contributed by atoms with Gasteiger partial charge in [0.15, 0.2) is 0 Å². The zero-order valence-corrected chi connectivity index (χ0v) is 18.8. The van der Waals surface area contributed by atoms with Crippen LogP contribution in [-0.2, 0) is 10.2 Å². The molecule has 5 heteroatoms. The molecule has 5 nitrogen and oxygen atoms in total. The van der Waals surface area contributed by atoms with Crippen LogP contribution in [0.2, 0.25) is 0 Å². The van der Waals surface area contributed by atoms with Crippen LogP contribution in [0.5, 0.6) is 5.75 Å². The van der Waals surface area contributed by atoms with Crippen molar-refractivity contribution >= 4 is 11.9 Å². The van der Waals surface area contributed by atoms with Crippen LogP contribution in [0.15, 0.2) is 67.3 Å². The lowest BCUT2D eigenvalue weighted by molar-refractivity contribution is -0.131. The van der Waals surface area contributed by atoms with Gasteiger partial charge in [-0.1, -0.05) is 36.4 Å². The van der Waals surface area contributed by atoms with Gasteiger partial charge in [-0.15, -0.1) is 6.58 Å². The molecule has 1 saturated carbocycles. The van der Waals surface area contributed by atoms with E-state index in [1.165, 1.54) is 12.5 Å². The number of ether oxygens (including phenoxy) is 1. The van der Waals surface area contributed by atoms with Gasteiger partial charge in [-0.05, 0) is 68.0 Å². The van der Waals surface area contributed by atoms with Crippen LogP contribution in [0.25, 0.3) is 0 Å². The Bertz CT molecular complexity index is 974. The van der Waals surface area contributed by atoms with Crippen LogP contribution in [-0.4, -0.2) is 42.5 Å². The first-order chi connectivity index (χ1) is 15.5. The third kappa shape index (κ3) is 4.78. The standard InChI is InChI=1S/C27H32N2O3/c1-3-15-29-16-14-27(22-10-7-11-25(17-22)32-20(2)30)18-24(13-12-23(27)19-29)28-26(31)21-8-5-4-6-9-21/h3-11,17,23-24H,1,12-16,18-19H2,2H3,(H,28,31)/t23?,24-,27?/m0/s1. The molecule has 1 aliphatic heterocycles. The van der Waals surface area contributed by atoms with E-state index in [1.54, 1.807) is 0 Å². The van der Waals surface area contributed by atoms with Crippen LogP contribution >= 0.6 is 0 Å². The highest BCUT2D eigenvalue weighted by Crippen LogP contribution is 2.49. The Morgan fingerprint density at radius 1 is 1.19 bits per heavy atom. The summed E-state index contributed by atoms with van der Waals surface area (Å²) in [6, 6.07) is 17.5. The molecule has 1 aliphatic carbocycles. The number of piperidine rings is 1. The Labute approximate surface area is 190 Å². The summed E-state index contributed by atoms with van der Waals surface area (Å²) in [7, 11) is 0. The third-order valence-corrected chi connectivity index (χ3v) is 7.04. The lowest BCUT2D eigenvalue weighted by Crippen LogP contribution is -2.56. The Hall–Kier alpha value is -2.92. The molecule has 1 heterocycles. The second-order valence-corrected chi connectivity index (χ2v) is 9.09. The third-order valence-electron chi connectivity index (χ3n) is 7.04. The number of esters is 1. The Balaban J connectivity index is 1.60. The van der Waals surface area contributed by atoms with Crippen molar-refractivity contribution in [2.45, 2.75) is 44.1 Å². The number of nitrogens with zero attached hydrogens (tertiary/aromatic N) is 1. The summed E-state index contributed by atoms with van der Waals surface area (Å²) in [4.78, 5) is 26.8.